The Morgan fingerprint density at radius 2 is 2.00 bits per heavy atom. The highest BCUT2D eigenvalue weighted by atomic mass is 35.5. The normalized spacial score (nSPS) is 17.1. The summed E-state index contributed by atoms with van der Waals surface area (Å²) in [4.78, 5) is 45.7. The van der Waals surface area contributed by atoms with Crippen molar-refractivity contribution in [3.8, 4) is 0 Å². The maximum atomic E-state index is 13.5. The van der Waals surface area contributed by atoms with Crippen LogP contribution in [0, 0.1) is 11.7 Å². The van der Waals surface area contributed by atoms with E-state index in [2.05, 4.69) is 30.6 Å². The molecule has 0 saturated carbocycles. The molecule has 4 heterocycles. The highest BCUT2D eigenvalue weighted by Gasteiger charge is 2.31. The van der Waals surface area contributed by atoms with Gasteiger partial charge in [0.1, 0.15) is 23.2 Å². The van der Waals surface area contributed by atoms with Crippen molar-refractivity contribution in [1.29, 1.82) is 0 Å². The van der Waals surface area contributed by atoms with Crippen LogP contribution < -0.4 is 15.5 Å². The van der Waals surface area contributed by atoms with Gasteiger partial charge >= 0.3 is 0 Å². The van der Waals surface area contributed by atoms with Gasteiger partial charge in [-0.3, -0.25) is 9.59 Å². The molecule has 0 radical (unpaired) electrons. The summed E-state index contributed by atoms with van der Waals surface area (Å²) in [5.74, 6) is 0.264. The fraction of sp³-hybridized carbons (Fsp3) is 0.364. The second-order valence-electron chi connectivity index (χ2n) is 8.25. The van der Waals surface area contributed by atoms with E-state index in [9.17, 15) is 14.0 Å². The zero-order valence-corrected chi connectivity index (χ0v) is 18.9. The summed E-state index contributed by atoms with van der Waals surface area (Å²) in [5, 5.41) is 5.86. The zero-order chi connectivity index (χ0) is 23.7. The number of hydrogen-bond acceptors (Lipinski definition) is 8. The highest BCUT2D eigenvalue weighted by molar-refractivity contribution is 6.31. The van der Waals surface area contributed by atoms with Crippen molar-refractivity contribution in [3.05, 3.63) is 41.6 Å². The van der Waals surface area contributed by atoms with E-state index in [1.54, 1.807) is 17.2 Å². The quantitative estimate of drug-likeness (QED) is 0.578. The lowest BCUT2D eigenvalue weighted by atomic mass is 9.95. The van der Waals surface area contributed by atoms with Crippen LogP contribution >= 0.6 is 11.6 Å². The average Bonchev–Trinajstić information content (AvgIpc) is 2.86. The lowest BCUT2D eigenvalue weighted by molar-refractivity contribution is -0.141. The first-order chi connectivity index (χ1) is 16.5. The minimum Gasteiger partial charge on any atom is -0.353 e. The predicted octanol–water partition coefficient (Wildman–Crippen LogP) is 2.13. The molecule has 2 aliphatic rings. The SMILES string of the molecule is O=C1CN(C(=O)C2CCN(c3ncc4ncnc(Nc5ccc(F)c(Cl)c5)c4n3)CC2)CCN1. The van der Waals surface area contributed by atoms with Crippen molar-refractivity contribution in [2.45, 2.75) is 12.8 Å². The van der Waals surface area contributed by atoms with Crippen LogP contribution in [0.2, 0.25) is 5.02 Å². The number of fused-ring (bicyclic) bond motifs is 1. The number of amides is 2. The molecule has 34 heavy (non-hydrogen) atoms. The van der Waals surface area contributed by atoms with Crippen molar-refractivity contribution in [2.75, 3.05) is 42.9 Å². The van der Waals surface area contributed by atoms with E-state index < -0.39 is 5.82 Å². The van der Waals surface area contributed by atoms with Gasteiger partial charge in [0.15, 0.2) is 5.82 Å². The molecule has 3 aromatic rings. The topological polar surface area (TPSA) is 116 Å². The molecule has 1 aromatic carbocycles. The molecular weight excluding hydrogens is 463 g/mol. The average molecular weight is 485 g/mol. The molecule has 2 aromatic heterocycles. The molecular formula is C22H22ClFN8O2. The molecule has 12 heteroatoms. The van der Waals surface area contributed by atoms with E-state index in [1.807, 2.05) is 4.90 Å². The van der Waals surface area contributed by atoms with Crippen molar-refractivity contribution in [3.63, 3.8) is 0 Å². The number of anilines is 3. The number of piperidine rings is 1. The largest absolute Gasteiger partial charge is 0.353 e. The number of nitrogens with one attached hydrogen (secondary N) is 2. The van der Waals surface area contributed by atoms with Crippen LogP contribution in [0.5, 0.6) is 0 Å². The van der Waals surface area contributed by atoms with Crippen molar-refractivity contribution >= 4 is 51.9 Å². The van der Waals surface area contributed by atoms with Crippen LogP contribution in [0.3, 0.4) is 0 Å². The third-order valence-corrected chi connectivity index (χ3v) is 6.31. The van der Waals surface area contributed by atoms with Crippen LogP contribution in [0.15, 0.2) is 30.7 Å². The summed E-state index contributed by atoms with van der Waals surface area (Å²) in [6.45, 7) is 2.41. The van der Waals surface area contributed by atoms with Gasteiger partial charge in [-0.2, -0.15) is 0 Å². The third-order valence-electron chi connectivity index (χ3n) is 6.02. The monoisotopic (exact) mass is 484 g/mol. The van der Waals surface area contributed by atoms with Crippen LogP contribution in [0.25, 0.3) is 11.0 Å². The van der Waals surface area contributed by atoms with Crippen LogP contribution in [0.1, 0.15) is 12.8 Å². The number of hydrogen-bond donors (Lipinski definition) is 2. The maximum Gasteiger partial charge on any atom is 0.239 e. The van der Waals surface area contributed by atoms with Crippen molar-refractivity contribution in [2.24, 2.45) is 5.92 Å². The standard InChI is InChI=1S/C22H22ClFN8O2/c23-15-9-14(1-2-16(15)24)29-20-19-17(27-12-28-20)10-26-22(30-19)31-6-3-13(4-7-31)21(34)32-8-5-25-18(33)11-32/h1-2,9-10,12-13H,3-8,11H2,(H,25,33)(H,27,28,29). The predicted molar refractivity (Wildman–Crippen MR) is 124 cm³/mol. The number of aromatic nitrogens is 4. The summed E-state index contributed by atoms with van der Waals surface area (Å²) in [6.07, 6.45) is 4.34. The molecule has 2 N–H and O–H groups in total. The second-order valence-corrected chi connectivity index (χ2v) is 8.66. The Morgan fingerprint density at radius 3 is 2.76 bits per heavy atom. The third kappa shape index (κ3) is 4.56. The Hall–Kier alpha value is -3.60. The van der Waals surface area contributed by atoms with Gasteiger partial charge in [0.05, 0.1) is 17.8 Å². The molecule has 5 rings (SSSR count). The first-order valence-corrected chi connectivity index (χ1v) is 11.4. The van der Waals surface area contributed by atoms with E-state index in [0.29, 0.717) is 67.5 Å². The lowest BCUT2D eigenvalue weighted by Gasteiger charge is -2.35. The summed E-state index contributed by atoms with van der Waals surface area (Å²) < 4.78 is 13.5. The molecule has 0 atom stereocenters. The minimum atomic E-state index is -0.505. The Bertz CT molecular complexity index is 1250. The molecule has 0 spiro atoms. The number of nitrogens with zero attached hydrogens (tertiary/aromatic N) is 6. The molecule has 2 fully saturated rings. The van der Waals surface area contributed by atoms with Gasteiger partial charge in [-0.1, -0.05) is 11.6 Å². The molecule has 10 nitrogen and oxygen atoms in total. The summed E-state index contributed by atoms with van der Waals surface area (Å²) >= 11 is 5.89. The molecule has 176 valence electrons. The molecule has 2 aliphatic heterocycles. The molecule has 2 amide bonds. The Balaban J connectivity index is 1.31. The number of halogens is 2. The van der Waals surface area contributed by atoms with Crippen molar-refractivity contribution in [1.82, 2.24) is 30.2 Å². The van der Waals surface area contributed by atoms with Crippen LogP contribution in [-0.2, 0) is 9.59 Å². The fourth-order valence-corrected chi connectivity index (χ4v) is 4.39. The molecule has 0 unspecified atom stereocenters. The van der Waals surface area contributed by atoms with Gasteiger partial charge in [-0.25, -0.2) is 24.3 Å². The molecule has 0 aliphatic carbocycles. The molecule has 0 bridgehead atoms. The van der Waals surface area contributed by atoms with E-state index in [4.69, 9.17) is 11.6 Å². The van der Waals surface area contributed by atoms with Crippen LogP contribution in [0.4, 0.5) is 21.8 Å². The summed E-state index contributed by atoms with van der Waals surface area (Å²) in [7, 11) is 0. The number of piperazine rings is 1. The number of benzene rings is 1. The fourth-order valence-electron chi connectivity index (χ4n) is 4.21. The number of carbonyl (C=O) groups is 2. The molecule has 2 saturated heterocycles. The maximum absolute atomic E-state index is 13.5. The van der Waals surface area contributed by atoms with E-state index in [-0.39, 0.29) is 29.3 Å². The van der Waals surface area contributed by atoms with Gasteiger partial charge in [-0.05, 0) is 31.0 Å². The highest BCUT2D eigenvalue weighted by Crippen LogP contribution is 2.27. The zero-order valence-electron chi connectivity index (χ0n) is 18.2. The Kier molecular flexibility index (Phi) is 6.10. The van der Waals surface area contributed by atoms with Gasteiger partial charge in [-0.15, -0.1) is 0 Å². The van der Waals surface area contributed by atoms with E-state index in [1.165, 1.54) is 18.5 Å². The van der Waals surface area contributed by atoms with Crippen LogP contribution in [-0.4, -0.2) is 69.4 Å². The van der Waals surface area contributed by atoms with E-state index in [0.717, 1.165) is 0 Å². The first-order valence-electron chi connectivity index (χ1n) is 11.0. The lowest BCUT2D eigenvalue weighted by Crippen LogP contribution is -2.52. The first kappa shape index (κ1) is 22.2. The Labute approximate surface area is 199 Å². The number of carbonyl (C=O) groups excluding carboxylic acids is 2. The second kappa shape index (κ2) is 9.34. The smallest absolute Gasteiger partial charge is 0.239 e. The van der Waals surface area contributed by atoms with Gasteiger partial charge in [0.25, 0.3) is 0 Å². The summed E-state index contributed by atoms with van der Waals surface area (Å²) in [5.41, 5.74) is 1.64. The minimum absolute atomic E-state index is 0.00118. The van der Waals surface area contributed by atoms with Gasteiger partial charge in [0.2, 0.25) is 17.8 Å². The van der Waals surface area contributed by atoms with Gasteiger partial charge in [0, 0.05) is 37.8 Å². The summed E-state index contributed by atoms with van der Waals surface area (Å²) in [6, 6.07) is 4.31. The van der Waals surface area contributed by atoms with E-state index >= 15 is 0 Å². The van der Waals surface area contributed by atoms with Crippen molar-refractivity contribution < 1.29 is 14.0 Å². The Morgan fingerprint density at radius 1 is 1.18 bits per heavy atom. The van der Waals surface area contributed by atoms with Gasteiger partial charge < -0.3 is 20.4 Å². The number of rotatable bonds is 4.